The lowest BCUT2D eigenvalue weighted by Crippen LogP contribution is -2.35. The maximum Gasteiger partial charge on any atom is 0.138 e. The van der Waals surface area contributed by atoms with Crippen LogP contribution in [0.2, 0.25) is 0 Å². The molecule has 120 valence electrons. The highest BCUT2D eigenvalue weighted by Crippen LogP contribution is 2.32. The zero-order chi connectivity index (χ0) is 15.2. The maximum atomic E-state index is 4.52. The lowest BCUT2D eigenvalue weighted by atomic mass is 9.77. The van der Waals surface area contributed by atoms with Crippen LogP contribution in [0.5, 0.6) is 0 Å². The van der Waals surface area contributed by atoms with E-state index in [2.05, 4.69) is 47.8 Å². The van der Waals surface area contributed by atoms with Crippen molar-refractivity contribution < 1.29 is 0 Å². The largest absolute Gasteiger partial charge is 0.314 e. The van der Waals surface area contributed by atoms with Crippen molar-refractivity contribution >= 4 is 0 Å². The first-order valence-corrected chi connectivity index (χ1v) is 8.66. The summed E-state index contributed by atoms with van der Waals surface area (Å²) in [4.78, 5) is 4.52. The number of hydrogen-bond donors (Lipinski definition) is 1. The van der Waals surface area contributed by atoms with Crippen molar-refractivity contribution in [1.82, 2.24) is 20.1 Å². The monoisotopic (exact) mass is 292 g/mol. The Kier molecular flexibility index (Phi) is 6.22. The molecule has 1 heterocycles. The average Bonchev–Trinajstić information content (AvgIpc) is 2.84. The van der Waals surface area contributed by atoms with Gasteiger partial charge in [-0.25, -0.2) is 9.67 Å². The molecule has 2 rings (SSSR count). The van der Waals surface area contributed by atoms with Crippen LogP contribution < -0.4 is 5.32 Å². The zero-order valence-electron chi connectivity index (χ0n) is 14.2. The minimum Gasteiger partial charge on any atom is -0.314 e. The van der Waals surface area contributed by atoms with Crippen LogP contribution in [0.4, 0.5) is 0 Å². The van der Waals surface area contributed by atoms with Crippen LogP contribution in [-0.2, 0) is 13.0 Å². The Labute approximate surface area is 129 Å². The van der Waals surface area contributed by atoms with Crippen molar-refractivity contribution in [3.05, 3.63) is 12.2 Å². The molecule has 1 aliphatic rings. The second-order valence-electron chi connectivity index (χ2n) is 7.32. The van der Waals surface area contributed by atoms with Crippen LogP contribution in [0.15, 0.2) is 6.33 Å². The summed E-state index contributed by atoms with van der Waals surface area (Å²) in [6, 6.07) is 0.581. The van der Waals surface area contributed by atoms with Crippen LogP contribution in [0.1, 0.15) is 59.2 Å². The van der Waals surface area contributed by atoms with E-state index >= 15 is 0 Å². The molecule has 4 heteroatoms. The van der Waals surface area contributed by atoms with Crippen molar-refractivity contribution in [1.29, 1.82) is 0 Å². The molecule has 1 aromatic heterocycles. The van der Waals surface area contributed by atoms with Gasteiger partial charge < -0.3 is 5.32 Å². The molecular weight excluding hydrogens is 260 g/mol. The van der Waals surface area contributed by atoms with Gasteiger partial charge in [0.2, 0.25) is 0 Å². The van der Waals surface area contributed by atoms with Crippen LogP contribution in [0.25, 0.3) is 0 Å². The number of hydrogen-bond acceptors (Lipinski definition) is 3. The first-order chi connectivity index (χ1) is 10.1. The molecule has 1 N–H and O–H groups in total. The maximum absolute atomic E-state index is 4.52. The quantitative estimate of drug-likeness (QED) is 0.838. The molecule has 0 radical (unpaired) electrons. The van der Waals surface area contributed by atoms with Gasteiger partial charge in [0.1, 0.15) is 12.2 Å². The molecule has 1 fully saturated rings. The minimum absolute atomic E-state index is 0.581. The number of rotatable bonds is 7. The number of nitrogens with zero attached hydrogens (tertiary/aromatic N) is 3. The van der Waals surface area contributed by atoms with Crippen LogP contribution >= 0.6 is 0 Å². The summed E-state index contributed by atoms with van der Waals surface area (Å²) < 4.78 is 2.12. The topological polar surface area (TPSA) is 42.7 Å². The van der Waals surface area contributed by atoms with Crippen molar-refractivity contribution in [2.75, 3.05) is 6.54 Å². The molecule has 0 spiro atoms. The van der Waals surface area contributed by atoms with Gasteiger partial charge in [0.15, 0.2) is 0 Å². The molecule has 2 atom stereocenters. The Morgan fingerprint density at radius 3 is 2.57 bits per heavy atom. The molecule has 1 aromatic rings. The van der Waals surface area contributed by atoms with Crippen molar-refractivity contribution in [3.8, 4) is 0 Å². The van der Waals surface area contributed by atoms with Crippen molar-refractivity contribution in [2.45, 2.75) is 72.4 Å². The Morgan fingerprint density at radius 2 is 1.90 bits per heavy atom. The van der Waals surface area contributed by atoms with E-state index in [1.54, 1.807) is 6.33 Å². The molecule has 4 nitrogen and oxygen atoms in total. The normalized spacial score (nSPS) is 23.1. The molecule has 1 aliphatic carbocycles. The molecule has 0 amide bonds. The minimum atomic E-state index is 0.581. The van der Waals surface area contributed by atoms with Crippen LogP contribution in [-0.4, -0.2) is 27.4 Å². The van der Waals surface area contributed by atoms with E-state index in [0.29, 0.717) is 12.0 Å². The SMILES string of the molecule is CC(C)Cn1ncnc1CC1CCCCC1CNC(C)C. The highest BCUT2D eigenvalue weighted by atomic mass is 15.3. The standard InChI is InChI=1S/C17H32N4/c1-13(2)11-21-17(19-12-20-21)9-15-7-5-6-8-16(15)10-18-14(3)4/h12-16,18H,5-11H2,1-4H3. The first-order valence-electron chi connectivity index (χ1n) is 8.66. The van der Waals surface area contributed by atoms with Crippen molar-refractivity contribution in [3.63, 3.8) is 0 Å². The smallest absolute Gasteiger partial charge is 0.138 e. The summed E-state index contributed by atoms with van der Waals surface area (Å²) >= 11 is 0. The van der Waals surface area contributed by atoms with E-state index in [0.717, 1.165) is 31.3 Å². The van der Waals surface area contributed by atoms with Gasteiger partial charge in [0, 0.05) is 19.0 Å². The third-order valence-electron chi connectivity index (χ3n) is 4.53. The van der Waals surface area contributed by atoms with Gasteiger partial charge in [-0.15, -0.1) is 0 Å². The summed E-state index contributed by atoms with van der Waals surface area (Å²) in [5.41, 5.74) is 0. The second-order valence-corrected chi connectivity index (χ2v) is 7.32. The van der Waals surface area contributed by atoms with E-state index in [-0.39, 0.29) is 0 Å². The molecular formula is C17H32N4. The fourth-order valence-corrected chi connectivity index (χ4v) is 3.39. The molecule has 1 saturated carbocycles. The van der Waals surface area contributed by atoms with Crippen LogP contribution in [0.3, 0.4) is 0 Å². The highest BCUT2D eigenvalue weighted by molar-refractivity contribution is 4.91. The molecule has 2 unspecified atom stereocenters. The van der Waals surface area contributed by atoms with Crippen molar-refractivity contribution in [2.24, 2.45) is 17.8 Å². The van der Waals surface area contributed by atoms with Crippen LogP contribution in [0, 0.1) is 17.8 Å². The first kappa shape index (κ1) is 16.5. The van der Waals surface area contributed by atoms with E-state index in [1.165, 1.54) is 31.5 Å². The Balaban J connectivity index is 1.97. The second kappa shape index (κ2) is 7.92. The van der Waals surface area contributed by atoms with Gasteiger partial charge in [0.05, 0.1) is 0 Å². The molecule has 0 aliphatic heterocycles. The van der Waals surface area contributed by atoms with E-state index in [9.17, 15) is 0 Å². The Bertz CT molecular complexity index is 411. The fourth-order valence-electron chi connectivity index (χ4n) is 3.39. The molecule has 0 bridgehead atoms. The van der Waals surface area contributed by atoms with Gasteiger partial charge in [-0.1, -0.05) is 40.5 Å². The Hall–Kier alpha value is -0.900. The fraction of sp³-hybridized carbons (Fsp3) is 0.882. The van der Waals surface area contributed by atoms with Gasteiger partial charge in [-0.3, -0.25) is 0 Å². The van der Waals surface area contributed by atoms with E-state index in [1.807, 2.05) is 0 Å². The summed E-state index contributed by atoms with van der Waals surface area (Å²) in [6.45, 7) is 11.1. The average molecular weight is 292 g/mol. The third kappa shape index (κ3) is 5.10. The summed E-state index contributed by atoms with van der Waals surface area (Å²) in [5.74, 6) is 3.37. The highest BCUT2D eigenvalue weighted by Gasteiger charge is 2.26. The Morgan fingerprint density at radius 1 is 1.19 bits per heavy atom. The van der Waals surface area contributed by atoms with Gasteiger partial charge >= 0.3 is 0 Å². The van der Waals surface area contributed by atoms with E-state index < -0.39 is 0 Å². The molecule has 0 saturated heterocycles. The van der Waals surface area contributed by atoms with E-state index in [4.69, 9.17) is 0 Å². The predicted octanol–water partition coefficient (Wildman–Crippen LogP) is 3.28. The molecule has 0 aromatic carbocycles. The zero-order valence-corrected chi connectivity index (χ0v) is 14.2. The van der Waals surface area contributed by atoms with Gasteiger partial charge in [-0.05, 0) is 37.1 Å². The summed E-state index contributed by atoms with van der Waals surface area (Å²) in [5, 5.41) is 8.04. The third-order valence-corrected chi connectivity index (χ3v) is 4.53. The lowest BCUT2D eigenvalue weighted by molar-refractivity contribution is 0.219. The molecule has 21 heavy (non-hydrogen) atoms. The number of nitrogens with one attached hydrogen (secondary N) is 1. The number of aromatic nitrogens is 3. The van der Waals surface area contributed by atoms with Gasteiger partial charge in [0.25, 0.3) is 0 Å². The summed E-state index contributed by atoms with van der Waals surface area (Å²) in [6.07, 6.45) is 8.29. The lowest BCUT2D eigenvalue weighted by Gasteiger charge is -2.32. The summed E-state index contributed by atoms with van der Waals surface area (Å²) in [7, 11) is 0. The van der Waals surface area contributed by atoms with Gasteiger partial charge in [-0.2, -0.15) is 5.10 Å². The predicted molar refractivity (Wildman–Crippen MR) is 87.2 cm³/mol.